The number of primary amides is 1. The van der Waals surface area contributed by atoms with Gasteiger partial charge in [0.15, 0.2) is 0 Å². The number of benzene rings is 2. The second-order valence-electron chi connectivity index (χ2n) is 8.02. The number of anilines is 2. The first-order chi connectivity index (χ1) is 16.2. The molecule has 174 valence electrons. The summed E-state index contributed by atoms with van der Waals surface area (Å²) in [6, 6.07) is 16.4. The molecule has 5 N–H and O–H groups in total. The molecule has 0 spiro atoms. The molecule has 0 unspecified atom stereocenters. The van der Waals surface area contributed by atoms with Crippen molar-refractivity contribution >= 4 is 39.4 Å². The lowest BCUT2D eigenvalue weighted by molar-refractivity contribution is -0.115. The van der Waals surface area contributed by atoms with Crippen LogP contribution in [0.2, 0.25) is 0 Å². The number of nitrogen functional groups attached to an aromatic ring is 1. The molecule has 2 heterocycles. The van der Waals surface area contributed by atoms with Crippen LogP contribution in [-0.2, 0) is 11.2 Å². The molecule has 0 aliphatic carbocycles. The minimum Gasteiger partial charge on any atom is -0.383 e. The maximum atomic E-state index is 12.5. The van der Waals surface area contributed by atoms with Crippen LogP contribution in [0.15, 0.2) is 63.6 Å². The van der Waals surface area contributed by atoms with Crippen LogP contribution in [0.4, 0.5) is 11.7 Å². The summed E-state index contributed by atoms with van der Waals surface area (Å²) in [5, 5.41) is 11.2. The Morgan fingerprint density at radius 1 is 1.12 bits per heavy atom. The fraction of sp³-hybridized carbons (Fsp3) is 0.167. The highest BCUT2D eigenvalue weighted by atomic mass is 79.9. The third-order valence-corrected chi connectivity index (χ3v) is 5.66. The molecule has 2 aromatic heterocycles. The molecule has 2 aromatic carbocycles. The highest BCUT2D eigenvalue weighted by Crippen LogP contribution is 2.29. The number of carbonyl (C=O) groups excluding carboxylic acids is 2. The van der Waals surface area contributed by atoms with E-state index in [4.69, 9.17) is 16.0 Å². The van der Waals surface area contributed by atoms with Crippen molar-refractivity contribution in [1.29, 1.82) is 0 Å². The van der Waals surface area contributed by atoms with Gasteiger partial charge in [-0.2, -0.15) is 5.10 Å². The fourth-order valence-electron chi connectivity index (χ4n) is 3.55. The van der Waals surface area contributed by atoms with Crippen LogP contribution >= 0.6 is 15.9 Å². The Kier molecular flexibility index (Phi) is 6.51. The van der Waals surface area contributed by atoms with E-state index in [-0.39, 0.29) is 35.6 Å². The van der Waals surface area contributed by atoms with Gasteiger partial charge in [0.2, 0.25) is 11.8 Å². The molecule has 0 fully saturated rings. The van der Waals surface area contributed by atoms with Crippen molar-refractivity contribution < 1.29 is 14.1 Å². The third-order valence-electron chi connectivity index (χ3n) is 5.17. The maximum absolute atomic E-state index is 12.5. The highest BCUT2D eigenvalue weighted by molar-refractivity contribution is 9.10. The number of halogens is 1. The van der Waals surface area contributed by atoms with Gasteiger partial charge in [-0.05, 0) is 31.5 Å². The van der Waals surface area contributed by atoms with Crippen molar-refractivity contribution in [3.8, 4) is 22.5 Å². The zero-order valence-corrected chi connectivity index (χ0v) is 20.2. The molecule has 0 radical (unpaired) electrons. The number of hydrogen-bond donors (Lipinski definition) is 3. The minimum absolute atomic E-state index is 0.0326. The lowest BCUT2D eigenvalue weighted by Crippen LogP contribution is -2.15. The summed E-state index contributed by atoms with van der Waals surface area (Å²) in [5.41, 5.74) is 15.2. The van der Waals surface area contributed by atoms with Gasteiger partial charge in [0.1, 0.15) is 22.8 Å². The molecule has 2 amide bonds. The van der Waals surface area contributed by atoms with E-state index in [9.17, 15) is 9.59 Å². The topological polar surface area (TPSA) is 142 Å². The normalized spacial score (nSPS) is 11.1. The number of nitrogens with two attached hydrogens (primary N) is 2. The standard InChI is InChI=1S/C24H23BrN6O3/c1-13(2)31-23(26)21(24(27)33)22(29-31)15-8-6-14(7-9-15)10-19(32)28-20-12-18(30-34-20)16-4-3-5-17(25)11-16/h3-9,11-13H,10,26H2,1-2H3,(H2,27,33)(H,28,32). The number of carbonyl (C=O) groups is 2. The van der Waals surface area contributed by atoms with Crippen LogP contribution < -0.4 is 16.8 Å². The van der Waals surface area contributed by atoms with Crippen LogP contribution in [-0.4, -0.2) is 26.8 Å². The van der Waals surface area contributed by atoms with Gasteiger partial charge in [0, 0.05) is 27.7 Å². The molecule has 34 heavy (non-hydrogen) atoms. The predicted molar refractivity (Wildman–Crippen MR) is 133 cm³/mol. The smallest absolute Gasteiger partial charge is 0.254 e. The molecule has 0 saturated heterocycles. The molecule has 0 atom stereocenters. The van der Waals surface area contributed by atoms with Crippen LogP contribution in [0.5, 0.6) is 0 Å². The summed E-state index contributed by atoms with van der Waals surface area (Å²) >= 11 is 3.42. The molecule has 4 aromatic rings. The predicted octanol–water partition coefficient (Wildman–Crippen LogP) is 4.41. The average molecular weight is 523 g/mol. The summed E-state index contributed by atoms with van der Waals surface area (Å²) in [5.74, 6) is -0.402. The lowest BCUT2D eigenvalue weighted by Gasteiger charge is -2.07. The summed E-state index contributed by atoms with van der Waals surface area (Å²) in [6.07, 6.45) is 0.123. The monoisotopic (exact) mass is 522 g/mol. The van der Waals surface area contributed by atoms with Gasteiger partial charge in [0.25, 0.3) is 5.91 Å². The van der Waals surface area contributed by atoms with Crippen LogP contribution in [0, 0.1) is 0 Å². The van der Waals surface area contributed by atoms with E-state index >= 15 is 0 Å². The summed E-state index contributed by atoms with van der Waals surface area (Å²) in [7, 11) is 0. The number of nitrogens with one attached hydrogen (secondary N) is 1. The van der Waals surface area contributed by atoms with Gasteiger partial charge in [-0.15, -0.1) is 0 Å². The second kappa shape index (κ2) is 9.52. The number of aromatic nitrogens is 3. The minimum atomic E-state index is -0.642. The van der Waals surface area contributed by atoms with E-state index in [1.165, 1.54) is 0 Å². The average Bonchev–Trinajstić information content (AvgIpc) is 3.38. The summed E-state index contributed by atoms with van der Waals surface area (Å²) < 4.78 is 7.74. The van der Waals surface area contributed by atoms with Crippen molar-refractivity contribution in [2.45, 2.75) is 26.3 Å². The molecule has 10 heteroatoms. The van der Waals surface area contributed by atoms with Crippen molar-refractivity contribution in [3.63, 3.8) is 0 Å². The largest absolute Gasteiger partial charge is 0.383 e. The zero-order valence-electron chi connectivity index (χ0n) is 18.6. The Morgan fingerprint density at radius 2 is 1.85 bits per heavy atom. The first-order valence-corrected chi connectivity index (χ1v) is 11.3. The van der Waals surface area contributed by atoms with Gasteiger partial charge in [-0.1, -0.05) is 57.5 Å². The molecular weight excluding hydrogens is 500 g/mol. The number of hydrogen-bond acceptors (Lipinski definition) is 6. The first kappa shape index (κ1) is 23.2. The molecule has 0 saturated carbocycles. The van der Waals surface area contributed by atoms with Gasteiger partial charge < -0.3 is 16.0 Å². The van der Waals surface area contributed by atoms with E-state index in [1.807, 2.05) is 38.1 Å². The lowest BCUT2D eigenvalue weighted by atomic mass is 10.0. The Hall–Kier alpha value is -3.92. The molecule has 0 bridgehead atoms. The van der Waals surface area contributed by atoms with Crippen molar-refractivity contribution in [3.05, 3.63) is 70.2 Å². The SMILES string of the molecule is CC(C)n1nc(-c2ccc(CC(=O)Nc3cc(-c4cccc(Br)c4)no3)cc2)c(C(N)=O)c1N. The molecule has 0 aliphatic rings. The van der Waals surface area contributed by atoms with E-state index in [0.717, 1.165) is 15.6 Å². The van der Waals surface area contributed by atoms with E-state index in [2.05, 4.69) is 31.5 Å². The van der Waals surface area contributed by atoms with Gasteiger partial charge in [-0.3, -0.25) is 14.9 Å². The van der Waals surface area contributed by atoms with Crippen LogP contribution in [0.1, 0.15) is 35.8 Å². The highest BCUT2D eigenvalue weighted by Gasteiger charge is 2.22. The Bertz CT molecular complexity index is 1360. The van der Waals surface area contributed by atoms with Crippen LogP contribution in [0.25, 0.3) is 22.5 Å². The summed E-state index contributed by atoms with van der Waals surface area (Å²) in [6.45, 7) is 3.83. The van der Waals surface area contributed by atoms with Crippen molar-refractivity contribution in [2.75, 3.05) is 11.1 Å². The van der Waals surface area contributed by atoms with Gasteiger partial charge in [-0.25, -0.2) is 4.68 Å². The quantitative estimate of drug-likeness (QED) is 0.328. The summed E-state index contributed by atoms with van der Waals surface area (Å²) in [4.78, 5) is 24.5. The molecule has 9 nitrogen and oxygen atoms in total. The van der Waals surface area contributed by atoms with Crippen molar-refractivity contribution in [1.82, 2.24) is 14.9 Å². The third kappa shape index (κ3) is 4.86. The van der Waals surface area contributed by atoms with Crippen LogP contribution in [0.3, 0.4) is 0 Å². The number of amides is 2. The maximum Gasteiger partial charge on any atom is 0.254 e. The van der Waals surface area contributed by atoms with E-state index in [0.29, 0.717) is 17.0 Å². The van der Waals surface area contributed by atoms with Gasteiger partial charge >= 0.3 is 0 Å². The fourth-order valence-corrected chi connectivity index (χ4v) is 3.95. The van der Waals surface area contributed by atoms with Crippen molar-refractivity contribution in [2.24, 2.45) is 5.73 Å². The van der Waals surface area contributed by atoms with E-state index in [1.54, 1.807) is 35.0 Å². The number of rotatable bonds is 7. The Morgan fingerprint density at radius 3 is 2.50 bits per heavy atom. The first-order valence-electron chi connectivity index (χ1n) is 10.5. The Balaban J connectivity index is 1.46. The molecule has 0 aliphatic heterocycles. The second-order valence-corrected chi connectivity index (χ2v) is 8.94. The van der Waals surface area contributed by atoms with E-state index < -0.39 is 5.91 Å². The Labute approximate surface area is 204 Å². The van der Waals surface area contributed by atoms with Gasteiger partial charge in [0.05, 0.1) is 6.42 Å². The molecule has 4 rings (SSSR count). The molecular formula is C24H23BrN6O3. The number of nitrogens with zero attached hydrogens (tertiary/aromatic N) is 3. The zero-order chi connectivity index (χ0) is 24.4.